The fourth-order valence-corrected chi connectivity index (χ4v) is 2.85. The first kappa shape index (κ1) is 13.8. The summed E-state index contributed by atoms with van der Waals surface area (Å²) in [6.07, 6.45) is 4.24. The Kier molecular flexibility index (Phi) is 4.98. The van der Waals surface area contributed by atoms with E-state index in [-0.39, 0.29) is 12.4 Å². The molecule has 1 N–H and O–H groups in total. The molecule has 1 aromatic carbocycles. The molecule has 18 heavy (non-hydrogen) atoms. The lowest BCUT2D eigenvalue weighted by molar-refractivity contribution is 0.210. The molecule has 0 bridgehead atoms. The molecule has 1 unspecified atom stereocenters. The molecule has 1 aliphatic heterocycles. The Morgan fingerprint density at radius 1 is 1.44 bits per heavy atom. The van der Waals surface area contributed by atoms with Gasteiger partial charge in [-0.3, -0.25) is 4.90 Å². The number of nitrogens with zero attached hydrogens (tertiary/aromatic N) is 1. The Hall–Kier alpha value is -0.640. The number of aliphatic hydroxyl groups is 1. The minimum atomic E-state index is -0.290. The van der Waals surface area contributed by atoms with E-state index < -0.39 is 0 Å². The third-order valence-electron chi connectivity index (χ3n) is 3.58. The highest BCUT2D eigenvalue weighted by molar-refractivity contribution is 6.31. The van der Waals surface area contributed by atoms with Gasteiger partial charge in [-0.2, -0.15) is 0 Å². The summed E-state index contributed by atoms with van der Waals surface area (Å²) in [5, 5.41) is 9.40. The first-order chi connectivity index (χ1) is 8.70. The quantitative estimate of drug-likeness (QED) is 0.889. The van der Waals surface area contributed by atoms with Gasteiger partial charge in [-0.25, -0.2) is 4.39 Å². The van der Waals surface area contributed by atoms with Crippen molar-refractivity contribution in [1.29, 1.82) is 0 Å². The van der Waals surface area contributed by atoms with Crippen molar-refractivity contribution in [2.75, 3.05) is 13.2 Å². The second kappa shape index (κ2) is 6.50. The van der Waals surface area contributed by atoms with Gasteiger partial charge >= 0.3 is 0 Å². The molecule has 1 fully saturated rings. The average Bonchev–Trinajstić information content (AvgIpc) is 2.77. The number of rotatable bonds is 5. The van der Waals surface area contributed by atoms with Crippen molar-refractivity contribution in [3.63, 3.8) is 0 Å². The van der Waals surface area contributed by atoms with Crippen LogP contribution in [0.3, 0.4) is 0 Å². The SMILES string of the molecule is OCCCC1CCCN1Cc1ccc(F)cc1Cl. The zero-order chi connectivity index (χ0) is 13.0. The molecule has 0 radical (unpaired) electrons. The van der Waals surface area contributed by atoms with E-state index in [9.17, 15) is 4.39 Å². The summed E-state index contributed by atoms with van der Waals surface area (Å²) >= 11 is 6.05. The van der Waals surface area contributed by atoms with Crippen molar-refractivity contribution in [3.8, 4) is 0 Å². The van der Waals surface area contributed by atoms with Crippen LogP contribution < -0.4 is 0 Å². The summed E-state index contributed by atoms with van der Waals surface area (Å²) in [6, 6.07) is 5.12. The van der Waals surface area contributed by atoms with E-state index in [0.717, 1.165) is 31.5 Å². The van der Waals surface area contributed by atoms with Gasteiger partial charge in [0.25, 0.3) is 0 Å². The molecule has 1 atom stereocenters. The third kappa shape index (κ3) is 3.44. The van der Waals surface area contributed by atoms with Gasteiger partial charge in [-0.05, 0) is 49.9 Å². The largest absolute Gasteiger partial charge is 0.396 e. The summed E-state index contributed by atoms with van der Waals surface area (Å²) in [4.78, 5) is 2.38. The van der Waals surface area contributed by atoms with E-state index in [1.807, 2.05) is 0 Å². The van der Waals surface area contributed by atoms with Crippen LogP contribution in [0.4, 0.5) is 4.39 Å². The molecule has 0 saturated carbocycles. The van der Waals surface area contributed by atoms with Gasteiger partial charge in [0, 0.05) is 24.2 Å². The molecule has 100 valence electrons. The van der Waals surface area contributed by atoms with Crippen molar-refractivity contribution >= 4 is 11.6 Å². The van der Waals surface area contributed by atoms with E-state index in [1.54, 1.807) is 6.07 Å². The van der Waals surface area contributed by atoms with Crippen LogP contribution in [0.1, 0.15) is 31.2 Å². The topological polar surface area (TPSA) is 23.5 Å². The summed E-state index contributed by atoms with van der Waals surface area (Å²) < 4.78 is 13.0. The molecule has 0 aromatic heterocycles. The van der Waals surface area contributed by atoms with Crippen LogP contribution >= 0.6 is 11.6 Å². The third-order valence-corrected chi connectivity index (χ3v) is 3.93. The Bertz CT molecular complexity index is 399. The normalized spacial score (nSPS) is 20.5. The van der Waals surface area contributed by atoms with Crippen molar-refractivity contribution in [1.82, 2.24) is 4.90 Å². The molecule has 4 heteroatoms. The maximum Gasteiger partial charge on any atom is 0.124 e. The van der Waals surface area contributed by atoms with Crippen molar-refractivity contribution in [2.45, 2.75) is 38.3 Å². The summed E-state index contributed by atoms with van der Waals surface area (Å²) in [5.41, 5.74) is 0.981. The minimum Gasteiger partial charge on any atom is -0.396 e. The van der Waals surface area contributed by atoms with Crippen LogP contribution in [-0.4, -0.2) is 29.2 Å². The van der Waals surface area contributed by atoms with Gasteiger partial charge in [0.05, 0.1) is 0 Å². The Morgan fingerprint density at radius 3 is 3.00 bits per heavy atom. The maximum atomic E-state index is 13.0. The van der Waals surface area contributed by atoms with E-state index in [0.29, 0.717) is 11.1 Å². The Labute approximate surface area is 112 Å². The van der Waals surface area contributed by atoms with Crippen LogP contribution in [0, 0.1) is 5.82 Å². The number of hydrogen-bond acceptors (Lipinski definition) is 2. The molecule has 1 heterocycles. The van der Waals surface area contributed by atoms with Gasteiger partial charge in [0.15, 0.2) is 0 Å². The Balaban J connectivity index is 1.99. The molecule has 2 nitrogen and oxygen atoms in total. The number of hydrogen-bond donors (Lipinski definition) is 1. The van der Waals surface area contributed by atoms with Gasteiger partial charge in [0.1, 0.15) is 5.82 Å². The fraction of sp³-hybridized carbons (Fsp3) is 0.571. The van der Waals surface area contributed by atoms with Crippen LogP contribution in [0.15, 0.2) is 18.2 Å². The highest BCUT2D eigenvalue weighted by atomic mass is 35.5. The van der Waals surface area contributed by atoms with Gasteiger partial charge in [-0.1, -0.05) is 17.7 Å². The smallest absolute Gasteiger partial charge is 0.124 e. The predicted octanol–water partition coefficient (Wildman–Crippen LogP) is 3.22. The fourth-order valence-electron chi connectivity index (χ4n) is 2.63. The van der Waals surface area contributed by atoms with Gasteiger partial charge in [-0.15, -0.1) is 0 Å². The summed E-state index contributed by atoms with van der Waals surface area (Å²) in [7, 11) is 0. The molecule has 1 saturated heterocycles. The molecule has 0 aliphatic carbocycles. The van der Waals surface area contributed by atoms with E-state index >= 15 is 0 Å². The summed E-state index contributed by atoms with van der Waals surface area (Å²) in [5.74, 6) is -0.290. The standard InChI is InChI=1S/C14H19ClFNO/c15-14-9-12(16)6-5-11(14)10-17-7-1-3-13(17)4-2-8-18/h5-6,9,13,18H,1-4,7-8,10H2. The number of halogens is 2. The van der Waals surface area contributed by atoms with Gasteiger partial charge in [0.2, 0.25) is 0 Å². The molecule has 1 aliphatic rings. The zero-order valence-electron chi connectivity index (χ0n) is 10.4. The summed E-state index contributed by atoms with van der Waals surface area (Å²) in [6.45, 7) is 2.08. The van der Waals surface area contributed by atoms with Crippen molar-refractivity contribution in [3.05, 3.63) is 34.6 Å². The monoisotopic (exact) mass is 271 g/mol. The second-order valence-electron chi connectivity index (χ2n) is 4.87. The Morgan fingerprint density at radius 2 is 2.28 bits per heavy atom. The highest BCUT2D eigenvalue weighted by Gasteiger charge is 2.24. The highest BCUT2D eigenvalue weighted by Crippen LogP contribution is 2.26. The van der Waals surface area contributed by atoms with Crippen molar-refractivity contribution in [2.24, 2.45) is 0 Å². The molecule has 2 rings (SSSR count). The second-order valence-corrected chi connectivity index (χ2v) is 5.28. The average molecular weight is 272 g/mol. The number of likely N-dealkylation sites (tertiary alicyclic amines) is 1. The molecule has 0 amide bonds. The maximum absolute atomic E-state index is 13.0. The molecule has 0 spiro atoms. The lowest BCUT2D eigenvalue weighted by Gasteiger charge is -2.24. The molecule has 1 aromatic rings. The first-order valence-electron chi connectivity index (χ1n) is 6.49. The molecular weight excluding hydrogens is 253 g/mol. The minimum absolute atomic E-state index is 0.252. The van der Waals surface area contributed by atoms with E-state index in [2.05, 4.69) is 4.90 Å². The zero-order valence-corrected chi connectivity index (χ0v) is 11.2. The lowest BCUT2D eigenvalue weighted by Crippen LogP contribution is -2.29. The lowest BCUT2D eigenvalue weighted by atomic mass is 10.1. The first-order valence-corrected chi connectivity index (χ1v) is 6.87. The van der Waals surface area contributed by atoms with E-state index in [1.165, 1.54) is 25.0 Å². The van der Waals surface area contributed by atoms with Crippen LogP contribution in [0.25, 0.3) is 0 Å². The number of aliphatic hydroxyl groups excluding tert-OH is 1. The molecular formula is C14H19ClFNO. The van der Waals surface area contributed by atoms with Crippen LogP contribution in [-0.2, 0) is 6.54 Å². The number of benzene rings is 1. The van der Waals surface area contributed by atoms with Crippen LogP contribution in [0.5, 0.6) is 0 Å². The van der Waals surface area contributed by atoms with Crippen molar-refractivity contribution < 1.29 is 9.50 Å². The van der Waals surface area contributed by atoms with Gasteiger partial charge < -0.3 is 5.11 Å². The van der Waals surface area contributed by atoms with E-state index in [4.69, 9.17) is 16.7 Å². The van der Waals surface area contributed by atoms with Crippen LogP contribution in [0.2, 0.25) is 5.02 Å². The predicted molar refractivity (Wildman–Crippen MR) is 71.2 cm³/mol.